The highest BCUT2D eigenvalue weighted by Gasteiger charge is 2.72. The van der Waals surface area contributed by atoms with Crippen molar-refractivity contribution in [3.05, 3.63) is 48.1 Å². The van der Waals surface area contributed by atoms with Gasteiger partial charge < -0.3 is 9.84 Å². The number of phenolic OH excluding ortho intramolecular Hbond substituents is 1. The van der Waals surface area contributed by atoms with Gasteiger partial charge in [0.1, 0.15) is 11.5 Å². The summed E-state index contributed by atoms with van der Waals surface area (Å²) in [6.07, 6.45) is 3.46. The first kappa shape index (κ1) is 19.3. The Morgan fingerprint density at radius 3 is 2.69 bits per heavy atom. The van der Waals surface area contributed by atoms with Gasteiger partial charge in [-0.2, -0.15) is 0 Å². The molecule has 0 saturated carbocycles. The van der Waals surface area contributed by atoms with Crippen molar-refractivity contribution in [1.82, 2.24) is 4.90 Å². The van der Waals surface area contributed by atoms with Gasteiger partial charge in [-0.15, -0.1) is 23.2 Å². The molecule has 3 rings (SSSR count). The summed E-state index contributed by atoms with van der Waals surface area (Å²) < 4.78 is 5.37. The van der Waals surface area contributed by atoms with Crippen LogP contribution in [0.25, 0.3) is 0 Å². The van der Waals surface area contributed by atoms with Gasteiger partial charge in [0.15, 0.2) is 9.75 Å². The second kappa shape index (κ2) is 6.59. The van der Waals surface area contributed by atoms with Gasteiger partial charge in [-0.3, -0.25) is 14.5 Å². The third-order valence-electron chi connectivity index (χ3n) is 4.95. The first-order valence-electron chi connectivity index (χ1n) is 7.75. The quantitative estimate of drug-likeness (QED) is 0.422. The van der Waals surface area contributed by atoms with Gasteiger partial charge in [-0.25, -0.2) is 0 Å². The van der Waals surface area contributed by atoms with Crippen LogP contribution in [-0.4, -0.2) is 44.1 Å². The first-order chi connectivity index (χ1) is 12.3. The van der Waals surface area contributed by atoms with Crippen LogP contribution in [0.2, 0.25) is 0 Å². The molecule has 26 heavy (non-hydrogen) atoms. The number of amides is 2. The molecule has 8 heteroatoms. The lowest BCUT2D eigenvalue weighted by Gasteiger charge is -2.42. The molecule has 0 radical (unpaired) electrons. The molecule has 0 aromatic heterocycles. The number of phenols is 1. The van der Waals surface area contributed by atoms with Gasteiger partial charge in [0.25, 0.3) is 11.8 Å². The molecule has 0 spiro atoms. The van der Waals surface area contributed by atoms with Crippen LogP contribution in [-0.2, 0) is 9.59 Å². The molecule has 2 amide bonds. The average Bonchev–Trinajstić information content (AvgIpc) is 2.78. The summed E-state index contributed by atoms with van der Waals surface area (Å²) in [6.45, 7) is 3.81. The number of aromatic hydroxyl groups is 1. The largest absolute Gasteiger partial charge is 0.508 e. The van der Waals surface area contributed by atoms with Crippen LogP contribution < -0.4 is 4.74 Å². The maximum absolute atomic E-state index is 13.1. The van der Waals surface area contributed by atoms with Gasteiger partial charge in [0.2, 0.25) is 0 Å². The topological polar surface area (TPSA) is 66.8 Å². The number of ether oxygens (including phenoxy) is 1. The molecule has 3 atom stereocenters. The summed E-state index contributed by atoms with van der Waals surface area (Å²) in [5, 5.41) is 9.76. The van der Waals surface area contributed by atoms with Crippen LogP contribution in [0.15, 0.2) is 42.5 Å². The van der Waals surface area contributed by atoms with Gasteiger partial charge in [-0.1, -0.05) is 40.7 Å². The average molecular weight is 461 g/mol. The maximum atomic E-state index is 13.1. The normalized spacial score (nSPS) is 30.8. The standard InChI is InChI=1S/C18H16BrCl2NO4/c1-3-10-6-7-17(20)15(24)22(9-19)16(25)18(17,21)14(10)12-5-4-11(23)8-13(12)26-2/h3-6,8,14,23H,1,7,9H2,2H3/t14-,17-,18+/m1/s1. The van der Waals surface area contributed by atoms with E-state index in [0.717, 1.165) is 4.90 Å². The van der Waals surface area contributed by atoms with Crippen molar-refractivity contribution < 1.29 is 19.4 Å². The van der Waals surface area contributed by atoms with Crippen molar-refractivity contribution in [1.29, 1.82) is 0 Å². The number of imide groups is 1. The van der Waals surface area contributed by atoms with Crippen LogP contribution >= 0.6 is 39.1 Å². The number of benzene rings is 1. The van der Waals surface area contributed by atoms with Gasteiger partial charge in [-0.05, 0) is 18.1 Å². The summed E-state index contributed by atoms with van der Waals surface area (Å²) in [6, 6.07) is 4.49. The Balaban J connectivity index is 2.30. The third kappa shape index (κ3) is 2.35. The monoisotopic (exact) mass is 459 g/mol. The van der Waals surface area contributed by atoms with Crippen molar-refractivity contribution in [2.75, 3.05) is 12.6 Å². The SMILES string of the molecule is C=CC1=CC[C@@]2(Cl)C(=O)N(CBr)C(=O)[C@@]2(Cl)[C@H]1c1ccc(O)cc1OC. The van der Waals surface area contributed by atoms with Gasteiger partial charge >= 0.3 is 0 Å². The number of alkyl halides is 3. The minimum absolute atomic E-state index is 0.00205. The molecule has 1 aromatic rings. The van der Waals surface area contributed by atoms with E-state index in [1.807, 2.05) is 0 Å². The Labute approximate surface area is 169 Å². The van der Waals surface area contributed by atoms with E-state index in [4.69, 9.17) is 27.9 Å². The number of allylic oxidation sites excluding steroid dienone is 3. The Bertz CT molecular complexity index is 842. The van der Waals surface area contributed by atoms with Gasteiger partial charge in [0, 0.05) is 17.5 Å². The van der Waals surface area contributed by atoms with E-state index in [2.05, 4.69) is 22.5 Å². The number of nitrogens with zero attached hydrogens (tertiary/aromatic N) is 1. The highest BCUT2D eigenvalue weighted by molar-refractivity contribution is 9.09. The lowest BCUT2D eigenvalue weighted by Crippen LogP contribution is -2.54. The minimum Gasteiger partial charge on any atom is -0.508 e. The zero-order chi connectivity index (χ0) is 19.3. The number of methoxy groups -OCH3 is 1. The predicted octanol–water partition coefficient (Wildman–Crippen LogP) is 3.68. The summed E-state index contributed by atoms with van der Waals surface area (Å²) in [5.74, 6) is -1.56. The second-order valence-electron chi connectivity index (χ2n) is 6.14. The van der Waals surface area contributed by atoms with E-state index in [0.29, 0.717) is 16.9 Å². The molecular weight excluding hydrogens is 445 g/mol. The zero-order valence-corrected chi connectivity index (χ0v) is 16.9. The molecule has 1 saturated heterocycles. The number of rotatable bonds is 4. The summed E-state index contributed by atoms with van der Waals surface area (Å²) in [4.78, 5) is 23.6. The highest BCUT2D eigenvalue weighted by Crippen LogP contribution is 2.60. The number of likely N-dealkylation sites (tertiary alicyclic amines) is 1. The third-order valence-corrected chi connectivity index (χ3v) is 6.87. The molecule has 1 aromatic carbocycles. The van der Waals surface area contributed by atoms with Crippen molar-refractivity contribution >= 4 is 50.9 Å². The van der Waals surface area contributed by atoms with Crippen LogP contribution in [0.3, 0.4) is 0 Å². The van der Waals surface area contributed by atoms with E-state index in [9.17, 15) is 14.7 Å². The van der Waals surface area contributed by atoms with E-state index < -0.39 is 27.5 Å². The van der Waals surface area contributed by atoms with Crippen LogP contribution in [0.5, 0.6) is 11.5 Å². The molecule has 2 aliphatic rings. The molecule has 1 aliphatic heterocycles. The smallest absolute Gasteiger partial charge is 0.254 e. The van der Waals surface area contributed by atoms with E-state index >= 15 is 0 Å². The molecular formula is C18H16BrCl2NO4. The minimum atomic E-state index is -1.75. The summed E-state index contributed by atoms with van der Waals surface area (Å²) in [7, 11) is 1.44. The number of fused-ring (bicyclic) bond motifs is 1. The molecule has 1 N–H and O–H groups in total. The maximum Gasteiger partial charge on any atom is 0.254 e. The van der Waals surface area contributed by atoms with Crippen LogP contribution in [0.1, 0.15) is 17.9 Å². The Kier molecular flexibility index (Phi) is 4.88. The van der Waals surface area contributed by atoms with E-state index in [-0.39, 0.29) is 17.6 Å². The fourth-order valence-electron chi connectivity index (χ4n) is 3.66. The zero-order valence-electron chi connectivity index (χ0n) is 13.8. The second-order valence-corrected chi connectivity index (χ2v) is 7.89. The Morgan fingerprint density at radius 2 is 2.12 bits per heavy atom. The van der Waals surface area contributed by atoms with Gasteiger partial charge in [0.05, 0.1) is 12.6 Å². The van der Waals surface area contributed by atoms with E-state index in [1.165, 1.54) is 19.2 Å². The highest BCUT2D eigenvalue weighted by atomic mass is 79.9. The predicted molar refractivity (Wildman–Crippen MR) is 103 cm³/mol. The fourth-order valence-corrected chi connectivity index (χ4v) is 4.99. The van der Waals surface area contributed by atoms with Crippen LogP contribution in [0, 0.1) is 0 Å². The van der Waals surface area contributed by atoms with Crippen molar-refractivity contribution in [3.63, 3.8) is 0 Å². The lowest BCUT2D eigenvalue weighted by molar-refractivity contribution is -0.138. The molecule has 1 aliphatic carbocycles. The van der Waals surface area contributed by atoms with Crippen molar-refractivity contribution in [2.45, 2.75) is 22.1 Å². The summed E-state index contributed by atoms with van der Waals surface area (Å²) in [5.41, 5.74) is 1.20. The fraction of sp³-hybridized carbons (Fsp3) is 0.333. The number of carbonyl (C=O) groups is 2. The lowest BCUT2D eigenvalue weighted by atomic mass is 9.68. The Morgan fingerprint density at radius 1 is 1.42 bits per heavy atom. The Hall–Kier alpha value is -1.50. The molecule has 5 nitrogen and oxygen atoms in total. The first-order valence-corrected chi connectivity index (χ1v) is 9.63. The molecule has 138 valence electrons. The number of halogens is 3. The number of hydrogen-bond donors (Lipinski definition) is 1. The number of carbonyl (C=O) groups excluding carboxylic acids is 2. The molecule has 1 fully saturated rings. The van der Waals surface area contributed by atoms with E-state index in [1.54, 1.807) is 18.2 Å². The summed E-state index contributed by atoms with van der Waals surface area (Å²) >= 11 is 16.8. The van der Waals surface area contributed by atoms with Crippen LogP contribution in [0.4, 0.5) is 0 Å². The van der Waals surface area contributed by atoms with Crippen molar-refractivity contribution in [2.24, 2.45) is 0 Å². The number of hydrogen-bond acceptors (Lipinski definition) is 4. The molecule has 0 bridgehead atoms. The van der Waals surface area contributed by atoms with Crippen molar-refractivity contribution in [3.8, 4) is 11.5 Å². The molecule has 1 heterocycles. The molecule has 0 unspecified atom stereocenters.